The minimum Gasteiger partial charge on any atom is -0.395 e. The molecule has 1 aliphatic carbocycles. The van der Waals surface area contributed by atoms with Crippen molar-refractivity contribution in [2.75, 3.05) is 18.8 Å². The van der Waals surface area contributed by atoms with Gasteiger partial charge in [0.1, 0.15) is 5.69 Å². The number of rotatable bonds is 2. The number of hydrogen-bond acceptors (Lipinski definition) is 3. The minimum absolute atomic E-state index is 0.0642. The molecule has 5 heteroatoms. The van der Waals surface area contributed by atoms with Gasteiger partial charge in [-0.05, 0) is 38.5 Å². The molecule has 104 valence electrons. The molecule has 0 aromatic carbocycles. The molecular formula is C14H22N4O. The zero-order valence-electron chi connectivity index (χ0n) is 11.7. The Hall–Kier alpha value is -1.52. The Labute approximate surface area is 113 Å². The summed E-state index contributed by atoms with van der Waals surface area (Å²) in [5.41, 5.74) is 7.92. The van der Waals surface area contributed by atoms with Crippen LogP contribution in [0.4, 0.5) is 5.69 Å². The zero-order valence-corrected chi connectivity index (χ0v) is 11.7. The van der Waals surface area contributed by atoms with Crippen LogP contribution in [0.15, 0.2) is 0 Å². The van der Waals surface area contributed by atoms with Gasteiger partial charge in [-0.2, -0.15) is 5.10 Å². The van der Waals surface area contributed by atoms with Crippen molar-refractivity contribution >= 4 is 11.6 Å². The first-order chi connectivity index (χ1) is 9.11. The van der Waals surface area contributed by atoms with Crippen molar-refractivity contribution in [1.29, 1.82) is 0 Å². The van der Waals surface area contributed by atoms with Crippen molar-refractivity contribution in [3.8, 4) is 0 Å². The number of carbonyl (C=O) groups is 1. The van der Waals surface area contributed by atoms with E-state index in [0.717, 1.165) is 18.8 Å². The quantitative estimate of drug-likeness (QED) is 0.881. The topological polar surface area (TPSA) is 64.2 Å². The summed E-state index contributed by atoms with van der Waals surface area (Å²) in [5.74, 6) is 1.49. The van der Waals surface area contributed by atoms with E-state index in [0.29, 0.717) is 29.8 Å². The van der Waals surface area contributed by atoms with Gasteiger partial charge < -0.3 is 10.6 Å². The van der Waals surface area contributed by atoms with Crippen LogP contribution in [0, 0.1) is 18.8 Å². The zero-order chi connectivity index (χ0) is 13.6. The fourth-order valence-electron chi connectivity index (χ4n) is 3.60. The third-order valence-electron chi connectivity index (χ3n) is 4.69. The highest BCUT2D eigenvalue weighted by atomic mass is 16.2. The monoisotopic (exact) mass is 262 g/mol. The molecule has 3 rings (SSSR count). The molecule has 1 aromatic heterocycles. The normalized spacial score (nSPS) is 25.9. The Kier molecular flexibility index (Phi) is 2.99. The Morgan fingerprint density at radius 2 is 2.00 bits per heavy atom. The lowest BCUT2D eigenvalue weighted by Gasteiger charge is -2.18. The van der Waals surface area contributed by atoms with Crippen molar-refractivity contribution in [3.05, 3.63) is 11.4 Å². The first kappa shape index (κ1) is 12.5. The average Bonchev–Trinajstić information content (AvgIpc) is 3.03. The molecular weight excluding hydrogens is 240 g/mol. The van der Waals surface area contributed by atoms with Crippen LogP contribution in [0.2, 0.25) is 0 Å². The number of aryl methyl sites for hydroxylation is 2. The highest BCUT2D eigenvalue weighted by molar-refractivity contribution is 5.98. The second-order valence-corrected chi connectivity index (χ2v) is 5.82. The Morgan fingerprint density at radius 1 is 1.37 bits per heavy atom. The summed E-state index contributed by atoms with van der Waals surface area (Å²) in [5, 5.41) is 4.34. The molecule has 2 aliphatic rings. The summed E-state index contributed by atoms with van der Waals surface area (Å²) >= 11 is 0. The number of nitrogen functional groups attached to an aromatic ring is 1. The van der Waals surface area contributed by atoms with E-state index in [1.54, 1.807) is 4.68 Å². The molecule has 5 nitrogen and oxygen atoms in total. The second kappa shape index (κ2) is 4.54. The number of aromatic nitrogens is 2. The van der Waals surface area contributed by atoms with Gasteiger partial charge in [-0.15, -0.1) is 0 Å². The number of likely N-dealkylation sites (tertiary alicyclic amines) is 1. The van der Waals surface area contributed by atoms with Crippen LogP contribution in [-0.4, -0.2) is 33.7 Å². The predicted octanol–water partition coefficient (Wildman–Crippen LogP) is 1.67. The largest absolute Gasteiger partial charge is 0.395 e. The Balaban J connectivity index is 1.85. The van der Waals surface area contributed by atoms with Crippen LogP contribution < -0.4 is 5.73 Å². The maximum atomic E-state index is 12.7. The molecule has 2 fully saturated rings. The number of nitrogens with zero attached hydrogens (tertiary/aromatic N) is 3. The first-order valence-electron chi connectivity index (χ1n) is 7.24. The average molecular weight is 262 g/mol. The number of anilines is 1. The van der Waals surface area contributed by atoms with Gasteiger partial charge >= 0.3 is 0 Å². The molecule has 1 saturated heterocycles. The van der Waals surface area contributed by atoms with Gasteiger partial charge in [-0.3, -0.25) is 9.48 Å². The van der Waals surface area contributed by atoms with Crippen LogP contribution in [0.1, 0.15) is 42.4 Å². The molecule has 1 aromatic rings. The second-order valence-electron chi connectivity index (χ2n) is 5.82. The summed E-state index contributed by atoms with van der Waals surface area (Å²) in [6.07, 6.45) is 3.87. The molecule has 2 unspecified atom stereocenters. The van der Waals surface area contributed by atoms with Crippen LogP contribution in [0.5, 0.6) is 0 Å². The van der Waals surface area contributed by atoms with Gasteiger partial charge in [0.05, 0.1) is 11.4 Å². The maximum absolute atomic E-state index is 12.7. The van der Waals surface area contributed by atoms with Crippen molar-refractivity contribution in [1.82, 2.24) is 14.7 Å². The van der Waals surface area contributed by atoms with Gasteiger partial charge in [-0.1, -0.05) is 6.42 Å². The molecule has 19 heavy (non-hydrogen) atoms. The number of hydrogen-bond donors (Lipinski definition) is 1. The van der Waals surface area contributed by atoms with E-state index in [4.69, 9.17) is 5.73 Å². The summed E-state index contributed by atoms with van der Waals surface area (Å²) in [6.45, 7) is 6.33. The lowest BCUT2D eigenvalue weighted by Crippen LogP contribution is -2.32. The van der Waals surface area contributed by atoms with Gasteiger partial charge in [0.15, 0.2) is 0 Å². The van der Waals surface area contributed by atoms with E-state index < -0.39 is 0 Å². The number of amides is 1. The van der Waals surface area contributed by atoms with Crippen molar-refractivity contribution in [2.24, 2.45) is 11.8 Å². The van der Waals surface area contributed by atoms with E-state index in [9.17, 15) is 4.79 Å². The fourth-order valence-corrected chi connectivity index (χ4v) is 3.60. The number of nitrogens with two attached hydrogens (primary N) is 1. The summed E-state index contributed by atoms with van der Waals surface area (Å²) < 4.78 is 1.74. The van der Waals surface area contributed by atoms with E-state index in [2.05, 4.69) is 5.10 Å². The van der Waals surface area contributed by atoms with Crippen molar-refractivity contribution in [3.63, 3.8) is 0 Å². The Bertz CT molecular complexity index is 496. The highest BCUT2D eigenvalue weighted by Gasteiger charge is 2.39. The van der Waals surface area contributed by atoms with Crippen LogP contribution in [-0.2, 0) is 6.54 Å². The molecule has 2 atom stereocenters. The van der Waals surface area contributed by atoms with Crippen molar-refractivity contribution in [2.45, 2.75) is 39.7 Å². The first-order valence-corrected chi connectivity index (χ1v) is 7.24. The minimum atomic E-state index is 0.0642. The van der Waals surface area contributed by atoms with Crippen molar-refractivity contribution < 1.29 is 4.79 Å². The van der Waals surface area contributed by atoms with E-state index in [1.165, 1.54) is 19.3 Å². The molecule has 0 spiro atoms. The molecule has 1 amide bonds. The smallest absolute Gasteiger partial charge is 0.274 e. The SMILES string of the molecule is CCn1nc(C)c(N)c1C(=O)N1CC2CCCC2C1. The lowest BCUT2D eigenvalue weighted by molar-refractivity contribution is 0.0769. The van der Waals surface area contributed by atoms with Gasteiger partial charge in [-0.25, -0.2) is 0 Å². The van der Waals surface area contributed by atoms with Gasteiger partial charge in [0.25, 0.3) is 5.91 Å². The van der Waals surface area contributed by atoms with Gasteiger partial charge in [0.2, 0.25) is 0 Å². The lowest BCUT2D eigenvalue weighted by atomic mass is 10.0. The maximum Gasteiger partial charge on any atom is 0.274 e. The molecule has 2 heterocycles. The predicted molar refractivity (Wildman–Crippen MR) is 73.8 cm³/mol. The van der Waals surface area contributed by atoms with Gasteiger partial charge in [0, 0.05) is 19.6 Å². The third kappa shape index (κ3) is 1.91. The molecule has 2 N–H and O–H groups in total. The standard InChI is InChI=1S/C14H22N4O/c1-3-18-13(12(15)9(2)16-18)14(19)17-7-10-5-4-6-11(10)8-17/h10-11H,3-8,15H2,1-2H3. The van der Waals surface area contributed by atoms with Crippen LogP contribution in [0.3, 0.4) is 0 Å². The highest BCUT2D eigenvalue weighted by Crippen LogP contribution is 2.38. The van der Waals surface area contributed by atoms with E-state index in [1.807, 2.05) is 18.7 Å². The fraction of sp³-hybridized carbons (Fsp3) is 0.714. The summed E-state index contributed by atoms with van der Waals surface area (Å²) in [4.78, 5) is 14.7. The van der Waals surface area contributed by atoms with E-state index >= 15 is 0 Å². The summed E-state index contributed by atoms with van der Waals surface area (Å²) in [6, 6.07) is 0. The number of carbonyl (C=O) groups excluding carboxylic acids is 1. The van der Waals surface area contributed by atoms with Crippen LogP contribution in [0.25, 0.3) is 0 Å². The summed E-state index contributed by atoms with van der Waals surface area (Å²) in [7, 11) is 0. The molecule has 0 radical (unpaired) electrons. The number of fused-ring (bicyclic) bond motifs is 1. The molecule has 0 bridgehead atoms. The molecule has 1 aliphatic heterocycles. The van der Waals surface area contributed by atoms with Crippen LogP contribution >= 0.6 is 0 Å². The van der Waals surface area contributed by atoms with E-state index in [-0.39, 0.29) is 5.91 Å². The Morgan fingerprint density at radius 3 is 2.58 bits per heavy atom. The molecule has 1 saturated carbocycles. The third-order valence-corrected chi connectivity index (χ3v) is 4.69.